The second-order valence-corrected chi connectivity index (χ2v) is 11.1. The van der Waals surface area contributed by atoms with Gasteiger partial charge < -0.3 is 20.1 Å². The predicted molar refractivity (Wildman–Crippen MR) is 165 cm³/mol. The number of hydrogen-bond acceptors (Lipinski definition) is 5. The minimum Gasteiger partial charge on any atom is -0.463 e. The summed E-state index contributed by atoms with van der Waals surface area (Å²) in [5.74, 6) is -1.47. The second-order valence-electron chi connectivity index (χ2n) is 11.1. The number of aliphatic hydroxyl groups excluding tert-OH is 1. The lowest BCUT2D eigenvalue weighted by Gasteiger charge is -2.29. The van der Waals surface area contributed by atoms with Gasteiger partial charge in [-0.15, -0.1) is 13.2 Å². The fraction of sp³-hybridized carbons (Fsp3) is 0.457. The molecule has 1 aliphatic rings. The lowest BCUT2D eigenvalue weighted by atomic mass is 9.94. The first-order valence-corrected chi connectivity index (χ1v) is 15.1. The van der Waals surface area contributed by atoms with E-state index in [9.17, 15) is 19.5 Å². The van der Waals surface area contributed by atoms with E-state index in [4.69, 9.17) is 4.74 Å². The van der Waals surface area contributed by atoms with Crippen molar-refractivity contribution in [2.45, 2.75) is 69.9 Å². The number of benzene rings is 2. The van der Waals surface area contributed by atoms with Gasteiger partial charge in [-0.05, 0) is 62.5 Å². The molecule has 0 saturated carbocycles. The van der Waals surface area contributed by atoms with Crippen LogP contribution < -0.4 is 5.32 Å². The van der Waals surface area contributed by atoms with E-state index in [2.05, 4.69) is 18.5 Å². The van der Waals surface area contributed by atoms with Gasteiger partial charge in [0.25, 0.3) is 0 Å². The fourth-order valence-electron chi connectivity index (χ4n) is 5.58. The molecular formula is C35H46N2O5. The molecule has 0 aromatic heterocycles. The number of aliphatic hydroxyl groups is 1. The molecule has 2 amide bonds. The summed E-state index contributed by atoms with van der Waals surface area (Å²) >= 11 is 0. The number of rotatable bonds is 18. The third kappa shape index (κ3) is 10.6. The summed E-state index contributed by atoms with van der Waals surface area (Å²) in [4.78, 5) is 41.5. The number of esters is 1. The first-order valence-electron chi connectivity index (χ1n) is 15.1. The molecule has 2 N–H and O–H groups in total. The zero-order chi connectivity index (χ0) is 30.2. The molecular weight excluding hydrogens is 528 g/mol. The highest BCUT2D eigenvalue weighted by molar-refractivity contribution is 5.86. The molecule has 0 radical (unpaired) electrons. The lowest BCUT2D eigenvalue weighted by Crippen LogP contribution is -2.45. The zero-order valence-electron chi connectivity index (χ0n) is 24.7. The van der Waals surface area contributed by atoms with E-state index in [-0.39, 0.29) is 49.4 Å². The van der Waals surface area contributed by atoms with Gasteiger partial charge in [-0.2, -0.15) is 0 Å². The highest BCUT2D eigenvalue weighted by atomic mass is 16.5. The minimum atomic E-state index is -0.570. The molecule has 226 valence electrons. The van der Waals surface area contributed by atoms with Crippen molar-refractivity contribution >= 4 is 17.8 Å². The van der Waals surface area contributed by atoms with Crippen LogP contribution in [-0.4, -0.2) is 59.6 Å². The molecule has 42 heavy (non-hydrogen) atoms. The molecule has 1 fully saturated rings. The Morgan fingerprint density at radius 1 is 0.976 bits per heavy atom. The number of nitrogens with one attached hydrogen (secondary N) is 1. The molecule has 0 spiro atoms. The van der Waals surface area contributed by atoms with Crippen molar-refractivity contribution < 1.29 is 24.2 Å². The third-order valence-electron chi connectivity index (χ3n) is 7.84. The molecule has 2 aromatic carbocycles. The molecule has 3 rings (SSSR count). The Hall–Kier alpha value is -3.71. The highest BCUT2D eigenvalue weighted by Gasteiger charge is 2.35. The van der Waals surface area contributed by atoms with E-state index in [0.29, 0.717) is 32.2 Å². The molecule has 4 atom stereocenters. The maximum Gasteiger partial charge on any atom is 0.309 e. The van der Waals surface area contributed by atoms with Gasteiger partial charge in [0.1, 0.15) is 6.61 Å². The fourth-order valence-corrected chi connectivity index (χ4v) is 5.58. The summed E-state index contributed by atoms with van der Waals surface area (Å²) in [6.07, 6.45) is 8.97. The number of likely N-dealkylation sites (tertiary alicyclic amines) is 1. The largest absolute Gasteiger partial charge is 0.463 e. The van der Waals surface area contributed by atoms with Crippen molar-refractivity contribution in [3.05, 3.63) is 97.1 Å². The maximum absolute atomic E-state index is 13.6. The number of nitrogens with zero attached hydrogens (tertiary/aromatic N) is 1. The van der Waals surface area contributed by atoms with Crippen LogP contribution in [0.3, 0.4) is 0 Å². The maximum atomic E-state index is 13.6. The average Bonchev–Trinajstić information content (AvgIpc) is 3.48. The van der Waals surface area contributed by atoms with Gasteiger partial charge in [0, 0.05) is 13.0 Å². The lowest BCUT2D eigenvalue weighted by molar-refractivity contribution is -0.152. The predicted octanol–water partition coefficient (Wildman–Crippen LogP) is 5.04. The summed E-state index contributed by atoms with van der Waals surface area (Å²) in [6, 6.07) is 18.9. The van der Waals surface area contributed by atoms with Crippen molar-refractivity contribution in [2.24, 2.45) is 11.8 Å². The van der Waals surface area contributed by atoms with Crippen LogP contribution in [0.4, 0.5) is 0 Å². The van der Waals surface area contributed by atoms with Gasteiger partial charge >= 0.3 is 5.97 Å². The Labute approximate surface area is 250 Å². The van der Waals surface area contributed by atoms with Crippen LogP contribution in [0.5, 0.6) is 0 Å². The topological polar surface area (TPSA) is 95.9 Å². The number of carbonyl (C=O) groups is 3. The number of unbranched alkanes of at least 4 members (excludes halogenated alkanes) is 1. The zero-order valence-corrected chi connectivity index (χ0v) is 24.7. The highest BCUT2D eigenvalue weighted by Crippen LogP contribution is 2.25. The number of allylic oxidation sites excluding steroid dienone is 2. The summed E-state index contributed by atoms with van der Waals surface area (Å²) in [6.45, 7) is 8.10. The Morgan fingerprint density at radius 3 is 2.26 bits per heavy atom. The van der Waals surface area contributed by atoms with Crippen LogP contribution in [0.15, 0.2) is 86.0 Å². The number of amides is 2. The quantitative estimate of drug-likeness (QED) is 0.148. The molecule has 0 aliphatic carbocycles. The van der Waals surface area contributed by atoms with Crippen LogP contribution in [0, 0.1) is 11.8 Å². The Kier molecular flexibility index (Phi) is 14.0. The number of ether oxygens (including phenoxy) is 1. The third-order valence-corrected chi connectivity index (χ3v) is 7.84. The molecule has 1 aliphatic heterocycles. The molecule has 7 nitrogen and oxygen atoms in total. The summed E-state index contributed by atoms with van der Waals surface area (Å²) < 4.78 is 5.83. The number of hydrogen-bond donors (Lipinski definition) is 2. The Bertz CT molecular complexity index is 1140. The van der Waals surface area contributed by atoms with Gasteiger partial charge in [-0.1, -0.05) is 72.8 Å². The van der Waals surface area contributed by atoms with Crippen LogP contribution in [0.2, 0.25) is 0 Å². The molecule has 1 heterocycles. The number of carbonyl (C=O) groups excluding carboxylic acids is 3. The van der Waals surface area contributed by atoms with Crippen LogP contribution >= 0.6 is 0 Å². The monoisotopic (exact) mass is 574 g/mol. The van der Waals surface area contributed by atoms with Crippen molar-refractivity contribution in [1.29, 1.82) is 0 Å². The molecule has 2 aromatic rings. The van der Waals surface area contributed by atoms with Gasteiger partial charge in [-0.3, -0.25) is 14.4 Å². The standard InChI is InChI=1S/C35H46N2O5/c1-3-5-8-19-30(22-27-15-9-6-10-16-27)35(41)42-26-32-20-13-21-37(32)34(40)29(14-4-2)24-33(39)36-31(25-38)23-28-17-11-7-12-18-28/h3-4,6-7,9-12,15-18,29-32,38H,1-2,5,8,13-14,19-26H2,(H,36,39). The van der Waals surface area contributed by atoms with Gasteiger partial charge in [0.2, 0.25) is 11.8 Å². The van der Waals surface area contributed by atoms with E-state index < -0.39 is 12.0 Å². The van der Waals surface area contributed by atoms with E-state index in [1.165, 1.54) is 0 Å². The Morgan fingerprint density at radius 2 is 1.64 bits per heavy atom. The summed E-state index contributed by atoms with van der Waals surface area (Å²) in [5, 5.41) is 12.7. The Balaban J connectivity index is 1.57. The molecule has 4 unspecified atom stereocenters. The van der Waals surface area contributed by atoms with Crippen LogP contribution in [0.25, 0.3) is 0 Å². The summed E-state index contributed by atoms with van der Waals surface area (Å²) in [7, 11) is 0. The van der Waals surface area contributed by atoms with E-state index >= 15 is 0 Å². The van der Waals surface area contributed by atoms with Gasteiger partial charge in [0.05, 0.1) is 30.5 Å². The van der Waals surface area contributed by atoms with Crippen molar-refractivity contribution in [1.82, 2.24) is 10.2 Å². The van der Waals surface area contributed by atoms with E-state index in [1.54, 1.807) is 11.0 Å². The smallest absolute Gasteiger partial charge is 0.309 e. The van der Waals surface area contributed by atoms with Crippen molar-refractivity contribution in [3.8, 4) is 0 Å². The average molecular weight is 575 g/mol. The second kappa shape index (κ2) is 18.0. The minimum absolute atomic E-state index is 0.00159. The SMILES string of the molecule is C=CCCCC(Cc1ccccc1)C(=O)OCC1CCCN1C(=O)C(CC=C)CC(=O)NC(CO)Cc1ccccc1. The molecule has 1 saturated heterocycles. The normalized spacial score (nSPS) is 16.7. The van der Waals surface area contributed by atoms with E-state index in [1.807, 2.05) is 66.7 Å². The van der Waals surface area contributed by atoms with E-state index in [0.717, 1.165) is 36.8 Å². The van der Waals surface area contributed by atoms with Gasteiger partial charge in [0.15, 0.2) is 0 Å². The van der Waals surface area contributed by atoms with Crippen molar-refractivity contribution in [2.75, 3.05) is 19.8 Å². The first kappa shape index (κ1) is 32.8. The van der Waals surface area contributed by atoms with Crippen LogP contribution in [0.1, 0.15) is 56.1 Å². The van der Waals surface area contributed by atoms with Crippen molar-refractivity contribution in [3.63, 3.8) is 0 Å². The molecule has 7 heteroatoms. The summed E-state index contributed by atoms with van der Waals surface area (Å²) in [5.41, 5.74) is 2.10. The molecule has 0 bridgehead atoms. The van der Waals surface area contributed by atoms with Crippen LogP contribution in [-0.2, 0) is 32.0 Å². The van der Waals surface area contributed by atoms with Gasteiger partial charge in [-0.25, -0.2) is 0 Å². The first-order chi connectivity index (χ1) is 20.4.